The first kappa shape index (κ1) is 13.1. The third-order valence-electron chi connectivity index (χ3n) is 3.67. The predicted molar refractivity (Wildman–Crippen MR) is 73.9 cm³/mol. The molecule has 0 bridgehead atoms. The second-order valence-electron chi connectivity index (χ2n) is 5.76. The van der Waals surface area contributed by atoms with Gasteiger partial charge in [-0.2, -0.15) is 0 Å². The first-order chi connectivity index (χ1) is 8.42. The lowest BCUT2D eigenvalue weighted by atomic mass is 9.97. The maximum atomic E-state index is 12.7. The van der Waals surface area contributed by atoms with E-state index >= 15 is 0 Å². The lowest BCUT2D eigenvalue weighted by molar-refractivity contribution is 0.0476. The van der Waals surface area contributed by atoms with Gasteiger partial charge in [0.2, 0.25) is 0 Å². The van der Waals surface area contributed by atoms with Crippen LogP contribution in [0.3, 0.4) is 0 Å². The number of benzene rings is 1. The Kier molecular flexibility index (Phi) is 3.44. The Morgan fingerprint density at radius 1 is 1.33 bits per heavy atom. The number of hydrogen-bond donors (Lipinski definition) is 1. The normalized spacial score (nSPS) is 18.8. The average molecular weight is 246 g/mol. The monoisotopic (exact) mass is 246 g/mol. The molecule has 1 aliphatic heterocycles. The molecule has 1 heterocycles. The fourth-order valence-electron chi connectivity index (χ4n) is 2.47. The van der Waals surface area contributed by atoms with Gasteiger partial charge in [-0.15, -0.1) is 0 Å². The van der Waals surface area contributed by atoms with E-state index < -0.39 is 0 Å². The SMILES string of the molecule is Cc1ccc(C)c(C(=O)N2CCNCC2(C)C)c1. The summed E-state index contributed by atoms with van der Waals surface area (Å²) >= 11 is 0. The van der Waals surface area contributed by atoms with E-state index in [2.05, 4.69) is 25.2 Å². The van der Waals surface area contributed by atoms with Crippen LogP contribution in [-0.4, -0.2) is 36.0 Å². The first-order valence-electron chi connectivity index (χ1n) is 6.52. The summed E-state index contributed by atoms with van der Waals surface area (Å²) in [6.45, 7) is 10.8. The summed E-state index contributed by atoms with van der Waals surface area (Å²) in [5.74, 6) is 0.155. The summed E-state index contributed by atoms with van der Waals surface area (Å²) in [6.07, 6.45) is 0. The molecule has 1 N–H and O–H groups in total. The molecule has 1 aromatic rings. The van der Waals surface area contributed by atoms with Crippen LogP contribution < -0.4 is 5.32 Å². The van der Waals surface area contributed by atoms with Gasteiger partial charge in [0.15, 0.2) is 0 Å². The van der Waals surface area contributed by atoms with Crippen LogP contribution in [0.2, 0.25) is 0 Å². The molecule has 1 fully saturated rings. The quantitative estimate of drug-likeness (QED) is 0.823. The number of carbonyl (C=O) groups excluding carboxylic acids is 1. The van der Waals surface area contributed by atoms with E-state index in [9.17, 15) is 4.79 Å². The van der Waals surface area contributed by atoms with Crippen LogP contribution in [0.5, 0.6) is 0 Å². The highest BCUT2D eigenvalue weighted by atomic mass is 16.2. The van der Waals surface area contributed by atoms with E-state index in [1.54, 1.807) is 0 Å². The maximum absolute atomic E-state index is 12.7. The fourth-order valence-corrected chi connectivity index (χ4v) is 2.47. The number of rotatable bonds is 1. The van der Waals surface area contributed by atoms with E-state index in [0.29, 0.717) is 0 Å². The minimum absolute atomic E-state index is 0.120. The van der Waals surface area contributed by atoms with Gasteiger partial charge in [0.25, 0.3) is 5.91 Å². The van der Waals surface area contributed by atoms with Gasteiger partial charge < -0.3 is 10.2 Å². The van der Waals surface area contributed by atoms with E-state index in [1.165, 1.54) is 0 Å². The first-order valence-corrected chi connectivity index (χ1v) is 6.52. The average Bonchev–Trinajstić information content (AvgIpc) is 2.31. The van der Waals surface area contributed by atoms with Gasteiger partial charge in [0, 0.05) is 25.2 Å². The number of carbonyl (C=O) groups is 1. The minimum Gasteiger partial charge on any atom is -0.331 e. The number of hydrogen-bond acceptors (Lipinski definition) is 2. The Balaban J connectivity index is 2.33. The maximum Gasteiger partial charge on any atom is 0.254 e. The fraction of sp³-hybridized carbons (Fsp3) is 0.533. The predicted octanol–water partition coefficient (Wildman–Crippen LogP) is 2.13. The van der Waals surface area contributed by atoms with E-state index in [4.69, 9.17) is 0 Å². The van der Waals surface area contributed by atoms with Crippen molar-refractivity contribution in [3.63, 3.8) is 0 Å². The Morgan fingerprint density at radius 2 is 2.06 bits per heavy atom. The molecule has 18 heavy (non-hydrogen) atoms. The molecule has 1 saturated heterocycles. The van der Waals surface area contributed by atoms with Gasteiger partial charge in [0.05, 0.1) is 5.54 Å². The van der Waals surface area contributed by atoms with Crippen LogP contribution in [-0.2, 0) is 0 Å². The van der Waals surface area contributed by atoms with Gasteiger partial charge in [0.1, 0.15) is 0 Å². The van der Waals surface area contributed by atoms with Crippen molar-refractivity contribution >= 4 is 5.91 Å². The largest absolute Gasteiger partial charge is 0.331 e. The Bertz CT molecular complexity index is 466. The van der Waals surface area contributed by atoms with Crippen molar-refractivity contribution in [2.24, 2.45) is 0 Å². The van der Waals surface area contributed by atoms with E-state index in [0.717, 1.165) is 36.3 Å². The number of piperazine rings is 1. The molecule has 2 rings (SSSR count). The molecule has 3 nitrogen and oxygen atoms in total. The topological polar surface area (TPSA) is 32.3 Å². The highest BCUT2D eigenvalue weighted by Gasteiger charge is 2.34. The molecule has 0 aliphatic carbocycles. The molecule has 0 saturated carbocycles. The van der Waals surface area contributed by atoms with Crippen LogP contribution in [0.4, 0.5) is 0 Å². The summed E-state index contributed by atoms with van der Waals surface area (Å²) in [4.78, 5) is 14.7. The zero-order valence-electron chi connectivity index (χ0n) is 11.7. The third kappa shape index (κ3) is 2.41. The number of nitrogens with zero attached hydrogens (tertiary/aromatic N) is 1. The number of nitrogens with one attached hydrogen (secondary N) is 1. The molecule has 3 heteroatoms. The van der Waals surface area contributed by atoms with Gasteiger partial charge in [-0.1, -0.05) is 17.7 Å². The molecular weight excluding hydrogens is 224 g/mol. The van der Waals surface area contributed by atoms with Crippen LogP contribution in [0, 0.1) is 13.8 Å². The van der Waals surface area contributed by atoms with E-state index in [1.807, 2.05) is 30.9 Å². The van der Waals surface area contributed by atoms with Gasteiger partial charge in [-0.05, 0) is 39.3 Å². The highest BCUT2D eigenvalue weighted by Crippen LogP contribution is 2.21. The van der Waals surface area contributed by atoms with Crippen molar-refractivity contribution in [2.45, 2.75) is 33.2 Å². The Labute approximate surface area is 109 Å². The van der Waals surface area contributed by atoms with E-state index in [-0.39, 0.29) is 11.4 Å². The van der Waals surface area contributed by atoms with Crippen molar-refractivity contribution in [2.75, 3.05) is 19.6 Å². The Morgan fingerprint density at radius 3 is 2.72 bits per heavy atom. The second kappa shape index (κ2) is 4.73. The zero-order chi connectivity index (χ0) is 13.3. The summed E-state index contributed by atoms with van der Waals surface area (Å²) < 4.78 is 0. The smallest absolute Gasteiger partial charge is 0.254 e. The number of amides is 1. The molecule has 98 valence electrons. The molecule has 1 aliphatic rings. The van der Waals surface area contributed by atoms with Gasteiger partial charge in [-0.3, -0.25) is 4.79 Å². The summed E-state index contributed by atoms with van der Waals surface area (Å²) in [6, 6.07) is 6.07. The van der Waals surface area contributed by atoms with Crippen molar-refractivity contribution in [1.82, 2.24) is 10.2 Å². The molecule has 0 atom stereocenters. The lowest BCUT2D eigenvalue weighted by Gasteiger charge is -2.43. The summed E-state index contributed by atoms with van der Waals surface area (Å²) in [5.41, 5.74) is 2.91. The molecule has 0 unspecified atom stereocenters. The van der Waals surface area contributed by atoms with Crippen LogP contribution >= 0.6 is 0 Å². The molecule has 0 spiro atoms. The van der Waals surface area contributed by atoms with Gasteiger partial charge >= 0.3 is 0 Å². The van der Waals surface area contributed by atoms with Gasteiger partial charge in [-0.25, -0.2) is 0 Å². The molecule has 0 aromatic heterocycles. The van der Waals surface area contributed by atoms with Crippen molar-refractivity contribution in [1.29, 1.82) is 0 Å². The van der Waals surface area contributed by atoms with Crippen molar-refractivity contribution < 1.29 is 4.79 Å². The number of aryl methyl sites for hydroxylation is 2. The van der Waals surface area contributed by atoms with Crippen molar-refractivity contribution in [3.05, 3.63) is 34.9 Å². The second-order valence-corrected chi connectivity index (χ2v) is 5.76. The van der Waals surface area contributed by atoms with Crippen LogP contribution in [0.15, 0.2) is 18.2 Å². The minimum atomic E-state index is -0.120. The lowest BCUT2D eigenvalue weighted by Crippen LogP contribution is -2.59. The van der Waals surface area contributed by atoms with Crippen LogP contribution in [0.25, 0.3) is 0 Å². The highest BCUT2D eigenvalue weighted by molar-refractivity contribution is 5.96. The zero-order valence-corrected chi connectivity index (χ0v) is 11.7. The summed E-state index contributed by atoms with van der Waals surface area (Å²) in [5, 5.41) is 3.34. The van der Waals surface area contributed by atoms with Crippen LogP contribution in [0.1, 0.15) is 35.3 Å². The third-order valence-corrected chi connectivity index (χ3v) is 3.67. The summed E-state index contributed by atoms with van der Waals surface area (Å²) in [7, 11) is 0. The molecule has 0 radical (unpaired) electrons. The Hall–Kier alpha value is -1.35. The standard InChI is InChI=1S/C15H22N2O/c1-11-5-6-12(2)13(9-11)14(18)17-8-7-16-10-15(17,3)4/h5-6,9,16H,7-8,10H2,1-4H3. The molecular formula is C15H22N2O. The van der Waals surface area contributed by atoms with Crippen molar-refractivity contribution in [3.8, 4) is 0 Å². The molecule has 1 aromatic carbocycles. The molecule has 1 amide bonds.